The lowest BCUT2D eigenvalue weighted by molar-refractivity contribution is -0.0553. The third-order valence-corrected chi connectivity index (χ3v) is 9.20. The van der Waals surface area contributed by atoms with Crippen LogP contribution in [0.5, 0.6) is 5.75 Å². The predicted molar refractivity (Wildman–Crippen MR) is 135 cm³/mol. The Labute approximate surface area is 207 Å². The van der Waals surface area contributed by atoms with Crippen molar-refractivity contribution in [3.63, 3.8) is 0 Å². The molecular formula is C27H31N3O4S. The maximum Gasteiger partial charge on any atom is 0.243 e. The highest BCUT2D eigenvalue weighted by Gasteiger charge is 2.50. The van der Waals surface area contributed by atoms with Crippen LogP contribution in [-0.4, -0.2) is 73.1 Å². The van der Waals surface area contributed by atoms with Crippen molar-refractivity contribution in [2.45, 2.75) is 35.7 Å². The van der Waals surface area contributed by atoms with E-state index in [2.05, 4.69) is 34.1 Å². The molecule has 1 aromatic heterocycles. The Morgan fingerprint density at radius 2 is 1.74 bits per heavy atom. The topological polar surface area (TPSA) is 83.0 Å². The van der Waals surface area contributed by atoms with E-state index >= 15 is 0 Å². The molecule has 0 spiro atoms. The van der Waals surface area contributed by atoms with Crippen molar-refractivity contribution in [2.75, 3.05) is 33.4 Å². The maximum absolute atomic E-state index is 13.5. The van der Waals surface area contributed by atoms with Gasteiger partial charge in [-0.1, -0.05) is 30.3 Å². The molecule has 184 valence electrons. The minimum atomic E-state index is -3.64. The van der Waals surface area contributed by atoms with Crippen molar-refractivity contribution in [3.8, 4) is 16.9 Å². The molecule has 2 fully saturated rings. The van der Waals surface area contributed by atoms with Crippen LogP contribution in [0.2, 0.25) is 0 Å². The number of pyridine rings is 1. The van der Waals surface area contributed by atoms with Gasteiger partial charge in [0.15, 0.2) is 0 Å². The van der Waals surface area contributed by atoms with Gasteiger partial charge in [0.1, 0.15) is 5.75 Å². The summed E-state index contributed by atoms with van der Waals surface area (Å²) in [7, 11) is -2.08. The Bertz CT molecular complexity index is 1230. The molecule has 0 bridgehead atoms. The third kappa shape index (κ3) is 4.59. The molecule has 5 rings (SSSR count). The second kappa shape index (κ2) is 10.1. The number of aliphatic hydroxyl groups is 1. The van der Waals surface area contributed by atoms with Gasteiger partial charge in [0.25, 0.3) is 0 Å². The molecule has 0 radical (unpaired) electrons. The zero-order chi connectivity index (χ0) is 24.4. The minimum Gasteiger partial charge on any atom is -0.497 e. The van der Waals surface area contributed by atoms with E-state index in [1.54, 1.807) is 41.9 Å². The number of hydrogen-bond donors (Lipinski definition) is 1. The predicted octanol–water partition coefficient (Wildman–Crippen LogP) is 3.37. The zero-order valence-corrected chi connectivity index (χ0v) is 20.6. The Balaban J connectivity index is 1.41. The molecule has 2 aliphatic heterocycles. The number of rotatable bonds is 6. The summed E-state index contributed by atoms with van der Waals surface area (Å²) in [5.41, 5.74) is 3.26. The molecule has 3 atom stereocenters. The number of methoxy groups -OCH3 is 1. The van der Waals surface area contributed by atoms with Crippen molar-refractivity contribution < 1.29 is 18.3 Å². The van der Waals surface area contributed by atoms with E-state index in [1.807, 2.05) is 18.3 Å². The van der Waals surface area contributed by atoms with Gasteiger partial charge in [-0.05, 0) is 66.4 Å². The van der Waals surface area contributed by atoms with Crippen molar-refractivity contribution in [1.82, 2.24) is 14.2 Å². The first-order valence-corrected chi connectivity index (χ1v) is 13.5. The second-order valence-electron chi connectivity index (χ2n) is 9.19. The number of nitrogens with zero attached hydrogens (tertiary/aromatic N) is 3. The average Bonchev–Trinajstić information content (AvgIpc) is 2.88. The Kier molecular flexibility index (Phi) is 6.88. The standard InChI is InChI=1S/C27H31N3O4S/c1-34-23-10-12-24(13-11-23)35(32,33)29-15-2-3-16-30-25(18-29)27(26(30)19-31)21-8-6-20(7-9-21)22-5-4-14-28-17-22/h4-14,17,25-27,31H,2-3,15-16,18-19H2,1H3/t25-,26-,27+/m0/s1. The van der Waals surface area contributed by atoms with Crippen LogP contribution in [0.4, 0.5) is 0 Å². The highest BCUT2D eigenvalue weighted by molar-refractivity contribution is 7.89. The van der Waals surface area contributed by atoms with Crippen molar-refractivity contribution in [1.29, 1.82) is 0 Å². The molecule has 0 saturated carbocycles. The van der Waals surface area contributed by atoms with Gasteiger partial charge in [-0.15, -0.1) is 0 Å². The van der Waals surface area contributed by atoms with Gasteiger partial charge in [0.2, 0.25) is 10.0 Å². The van der Waals surface area contributed by atoms with Crippen molar-refractivity contribution in [2.24, 2.45) is 0 Å². The van der Waals surface area contributed by atoms with E-state index in [-0.39, 0.29) is 29.5 Å². The van der Waals surface area contributed by atoms with Crippen LogP contribution in [0.3, 0.4) is 0 Å². The molecule has 8 heteroatoms. The van der Waals surface area contributed by atoms with Gasteiger partial charge < -0.3 is 9.84 Å². The number of benzene rings is 2. The molecule has 3 aromatic rings. The second-order valence-corrected chi connectivity index (χ2v) is 11.1. The molecule has 2 saturated heterocycles. The van der Waals surface area contributed by atoms with Gasteiger partial charge in [0, 0.05) is 43.5 Å². The zero-order valence-electron chi connectivity index (χ0n) is 19.8. The van der Waals surface area contributed by atoms with Gasteiger partial charge in [-0.25, -0.2) is 8.42 Å². The van der Waals surface area contributed by atoms with Crippen LogP contribution in [0.15, 0.2) is 78.0 Å². The summed E-state index contributed by atoms with van der Waals surface area (Å²) in [4.78, 5) is 6.77. The summed E-state index contributed by atoms with van der Waals surface area (Å²) >= 11 is 0. The van der Waals surface area contributed by atoms with Crippen molar-refractivity contribution in [3.05, 3.63) is 78.6 Å². The molecule has 2 aliphatic rings. The Morgan fingerprint density at radius 3 is 2.40 bits per heavy atom. The van der Waals surface area contributed by atoms with E-state index in [0.29, 0.717) is 18.8 Å². The number of aromatic nitrogens is 1. The number of sulfonamides is 1. The van der Waals surface area contributed by atoms with Gasteiger partial charge in [-0.2, -0.15) is 4.31 Å². The third-order valence-electron chi connectivity index (χ3n) is 7.32. The summed E-state index contributed by atoms with van der Waals surface area (Å²) in [6.07, 6.45) is 5.29. The molecular weight excluding hydrogens is 462 g/mol. The highest BCUT2D eigenvalue weighted by atomic mass is 32.2. The van der Waals surface area contributed by atoms with E-state index < -0.39 is 10.0 Å². The van der Waals surface area contributed by atoms with Crippen molar-refractivity contribution >= 4 is 10.0 Å². The number of hydrogen-bond acceptors (Lipinski definition) is 6. The quantitative estimate of drug-likeness (QED) is 0.567. The summed E-state index contributed by atoms with van der Waals surface area (Å²) in [5, 5.41) is 10.2. The first kappa shape index (κ1) is 23.9. The van der Waals surface area contributed by atoms with Crippen LogP contribution in [0, 0.1) is 0 Å². The fourth-order valence-corrected chi connectivity index (χ4v) is 6.95. The van der Waals surface area contributed by atoms with E-state index in [1.165, 1.54) is 0 Å². The SMILES string of the molecule is COc1ccc(S(=O)(=O)N2CCCCN3[C@@H](CO)[C@H](c4ccc(-c5cccnc5)cc4)[C@@H]3C2)cc1. The molecule has 1 N–H and O–H groups in total. The molecule has 7 nitrogen and oxygen atoms in total. The number of ether oxygens (including phenoxy) is 1. The summed E-state index contributed by atoms with van der Waals surface area (Å²) in [5.74, 6) is 0.692. The first-order valence-electron chi connectivity index (χ1n) is 12.0. The van der Waals surface area contributed by atoms with Gasteiger partial charge >= 0.3 is 0 Å². The Hall–Kier alpha value is -2.78. The van der Waals surface area contributed by atoms with E-state index in [4.69, 9.17) is 4.74 Å². The molecule has 3 heterocycles. The maximum atomic E-state index is 13.5. The summed E-state index contributed by atoms with van der Waals surface area (Å²) in [6.45, 7) is 1.82. The average molecular weight is 494 g/mol. The smallest absolute Gasteiger partial charge is 0.243 e. The fraction of sp³-hybridized carbons (Fsp3) is 0.370. The van der Waals surface area contributed by atoms with Crippen LogP contribution >= 0.6 is 0 Å². The van der Waals surface area contributed by atoms with E-state index in [9.17, 15) is 13.5 Å². The molecule has 0 unspecified atom stereocenters. The molecule has 35 heavy (non-hydrogen) atoms. The Morgan fingerprint density at radius 1 is 1.00 bits per heavy atom. The monoisotopic (exact) mass is 493 g/mol. The normalized spacial score (nSPS) is 23.5. The van der Waals surface area contributed by atoms with Crippen LogP contribution in [0.25, 0.3) is 11.1 Å². The summed E-state index contributed by atoms with van der Waals surface area (Å²) < 4.78 is 33.9. The van der Waals surface area contributed by atoms with Gasteiger partial charge in [0.05, 0.1) is 18.6 Å². The number of fused-ring (bicyclic) bond motifs is 1. The largest absolute Gasteiger partial charge is 0.497 e. The van der Waals surface area contributed by atoms with Crippen LogP contribution in [-0.2, 0) is 10.0 Å². The lowest BCUT2D eigenvalue weighted by Gasteiger charge is -2.57. The lowest BCUT2D eigenvalue weighted by atomic mass is 9.74. The van der Waals surface area contributed by atoms with Gasteiger partial charge in [-0.3, -0.25) is 9.88 Å². The highest BCUT2D eigenvalue weighted by Crippen LogP contribution is 2.43. The molecule has 0 aliphatic carbocycles. The minimum absolute atomic E-state index is 0.00659. The van der Waals surface area contributed by atoms with E-state index in [0.717, 1.165) is 36.1 Å². The lowest BCUT2D eigenvalue weighted by Crippen LogP contribution is -2.67. The summed E-state index contributed by atoms with van der Waals surface area (Å²) in [6, 6.07) is 18.9. The molecule has 2 aromatic carbocycles. The fourth-order valence-electron chi connectivity index (χ4n) is 5.46. The first-order chi connectivity index (χ1) is 17.0. The van der Waals surface area contributed by atoms with Crippen LogP contribution in [0.1, 0.15) is 24.3 Å². The van der Waals surface area contributed by atoms with Crippen LogP contribution < -0.4 is 4.74 Å². The number of aliphatic hydroxyl groups excluding tert-OH is 1. The molecule has 0 amide bonds.